The second-order valence-corrected chi connectivity index (χ2v) is 3.14. The molecule has 5 heteroatoms. The summed E-state index contributed by atoms with van der Waals surface area (Å²) in [7, 11) is 0. The zero-order valence-corrected chi connectivity index (χ0v) is 8.85. The number of carboxylic acid groups (broad SMARTS) is 1. The van der Waals surface area contributed by atoms with Gasteiger partial charge in [0.2, 0.25) is 0 Å². The number of aliphatic carboxylic acids is 1. The van der Waals surface area contributed by atoms with Gasteiger partial charge < -0.3 is 15.9 Å². The molecule has 0 saturated carbocycles. The molecule has 0 aromatic heterocycles. The minimum Gasteiger partial charge on any atom is -0.479 e. The Bertz CT molecular complexity index is 305. The van der Waals surface area contributed by atoms with Crippen LogP contribution in [0, 0.1) is 0 Å². The average Bonchev–Trinajstić information content (AvgIpc) is 2.18. The van der Waals surface area contributed by atoms with Gasteiger partial charge in [-0.05, 0) is 12.0 Å². The third-order valence-corrected chi connectivity index (χ3v) is 1.97. The van der Waals surface area contributed by atoms with Crippen LogP contribution in [0.15, 0.2) is 30.3 Å². The SMILES string of the molecule is Cl.NC(Cc1ccccc1)C(O)C(=O)O. The van der Waals surface area contributed by atoms with Crippen molar-refractivity contribution in [3.63, 3.8) is 0 Å². The third kappa shape index (κ3) is 4.29. The first kappa shape index (κ1) is 13.9. The monoisotopic (exact) mass is 231 g/mol. The van der Waals surface area contributed by atoms with Gasteiger partial charge in [-0.1, -0.05) is 30.3 Å². The van der Waals surface area contributed by atoms with E-state index in [1.54, 1.807) is 0 Å². The van der Waals surface area contributed by atoms with Crippen molar-refractivity contribution in [2.24, 2.45) is 5.73 Å². The minimum atomic E-state index is -1.50. The van der Waals surface area contributed by atoms with E-state index >= 15 is 0 Å². The number of aliphatic hydroxyl groups excluding tert-OH is 1. The number of nitrogens with two attached hydrogens (primary N) is 1. The summed E-state index contributed by atoms with van der Waals surface area (Å²) in [6.45, 7) is 0. The normalized spacial score (nSPS) is 13.7. The van der Waals surface area contributed by atoms with E-state index in [1.807, 2.05) is 30.3 Å². The molecule has 0 amide bonds. The average molecular weight is 232 g/mol. The van der Waals surface area contributed by atoms with Crippen LogP contribution < -0.4 is 5.73 Å². The Morgan fingerprint density at radius 1 is 1.33 bits per heavy atom. The van der Waals surface area contributed by atoms with Gasteiger partial charge in [-0.3, -0.25) is 0 Å². The van der Waals surface area contributed by atoms with Gasteiger partial charge in [0.1, 0.15) is 0 Å². The van der Waals surface area contributed by atoms with Crippen LogP contribution in [0.5, 0.6) is 0 Å². The van der Waals surface area contributed by atoms with Crippen molar-refractivity contribution in [1.82, 2.24) is 0 Å². The van der Waals surface area contributed by atoms with Crippen LogP contribution in [0.1, 0.15) is 5.56 Å². The van der Waals surface area contributed by atoms with Crippen LogP contribution in [0.3, 0.4) is 0 Å². The number of aliphatic hydroxyl groups is 1. The summed E-state index contributed by atoms with van der Waals surface area (Å²) in [6, 6.07) is 8.46. The summed E-state index contributed by atoms with van der Waals surface area (Å²) < 4.78 is 0. The molecular formula is C10H14ClNO3. The molecule has 1 aromatic carbocycles. The molecular weight excluding hydrogens is 218 g/mol. The van der Waals surface area contributed by atoms with Crippen molar-refractivity contribution in [3.8, 4) is 0 Å². The van der Waals surface area contributed by atoms with Crippen molar-refractivity contribution in [3.05, 3.63) is 35.9 Å². The highest BCUT2D eigenvalue weighted by molar-refractivity contribution is 5.85. The molecule has 2 unspecified atom stereocenters. The van der Waals surface area contributed by atoms with E-state index in [0.29, 0.717) is 6.42 Å². The van der Waals surface area contributed by atoms with Crippen LogP contribution in [0.2, 0.25) is 0 Å². The molecule has 0 bridgehead atoms. The first-order valence-electron chi connectivity index (χ1n) is 4.31. The maximum Gasteiger partial charge on any atom is 0.334 e. The highest BCUT2D eigenvalue weighted by atomic mass is 35.5. The molecule has 0 fully saturated rings. The largest absolute Gasteiger partial charge is 0.479 e. The van der Waals surface area contributed by atoms with Crippen molar-refractivity contribution < 1.29 is 15.0 Å². The summed E-state index contributed by atoms with van der Waals surface area (Å²) in [6.07, 6.45) is -1.15. The summed E-state index contributed by atoms with van der Waals surface area (Å²) in [4.78, 5) is 10.4. The molecule has 0 radical (unpaired) electrons. The molecule has 0 aliphatic heterocycles. The van der Waals surface area contributed by atoms with Crippen LogP contribution in [0.4, 0.5) is 0 Å². The van der Waals surface area contributed by atoms with Crippen molar-refractivity contribution in [2.75, 3.05) is 0 Å². The van der Waals surface area contributed by atoms with Gasteiger partial charge in [0.25, 0.3) is 0 Å². The first-order valence-corrected chi connectivity index (χ1v) is 4.31. The van der Waals surface area contributed by atoms with Gasteiger partial charge >= 0.3 is 5.97 Å². The van der Waals surface area contributed by atoms with Crippen molar-refractivity contribution in [2.45, 2.75) is 18.6 Å². The molecule has 1 aromatic rings. The third-order valence-electron chi connectivity index (χ3n) is 1.97. The van der Waals surface area contributed by atoms with E-state index in [1.165, 1.54) is 0 Å². The lowest BCUT2D eigenvalue weighted by atomic mass is 10.0. The Balaban J connectivity index is 0.00000196. The van der Waals surface area contributed by atoms with E-state index in [4.69, 9.17) is 15.9 Å². The Morgan fingerprint density at radius 3 is 2.33 bits per heavy atom. The van der Waals surface area contributed by atoms with E-state index in [2.05, 4.69) is 0 Å². The summed E-state index contributed by atoms with van der Waals surface area (Å²) in [5.41, 5.74) is 6.44. The fourth-order valence-corrected chi connectivity index (χ4v) is 1.18. The number of carbonyl (C=O) groups is 1. The summed E-state index contributed by atoms with van der Waals surface area (Å²) >= 11 is 0. The van der Waals surface area contributed by atoms with E-state index < -0.39 is 18.1 Å². The molecule has 4 N–H and O–H groups in total. The zero-order valence-electron chi connectivity index (χ0n) is 8.04. The van der Waals surface area contributed by atoms with Crippen molar-refractivity contribution in [1.29, 1.82) is 0 Å². The van der Waals surface area contributed by atoms with Gasteiger partial charge in [-0.25, -0.2) is 4.79 Å². The second-order valence-electron chi connectivity index (χ2n) is 3.14. The molecule has 0 aliphatic rings. The quantitative estimate of drug-likeness (QED) is 0.702. The lowest BCUT2D eigenvalue weighted by molar-refractivity contribution is -0.147. The smallest absolute Gasteiger partial charge is 0.334 e. The number of carboxylic acids is 1. The molecule has 2 atom stereocenters. The topological polar surface area (TPSA) is 83.5 Å². The van der Waals surface area contributed by atoms with Gasteiger partial charge in [0.05, 0.1) is 0 Å². The Kier molecular flexibility index (Phi) is 5.93. The predicted octanol–water partition coefficient (Wildman–Crippen LogP) is 0.424. The zero-order chi connectivity index (χ0) is 10.6. The summed E-state index contributed by atoms with van der Waals surface area (Å²) in [5.74, 6) is -1.28. The number of halogens is 1. The van der Waals surface area contributed by atoms with E-state index in [0.717, 1.165) is 5.56 Å². The molecule has 1 rings (SSSR count). The predicted molar refractivity (Wildman–Crippen MR) is 59.0 cm³/mol. The van der Waals surface area contributed by atoms with E-state index in [-0.39, 0.29) is 12.4 Å². The van der Waals surface area contributed by atoms with Gasteiger partial charge in [0.15, 0.2) is 6.10 Å². The Hall–Kier alpha value is -1.10. The fraction of sp³-hybridized carbons (Fsp3) is 0.300. The van der Waals surface area contributed by atoms with Crippen LogP contribution in [-0.4, -0.2) is 28.3 Å². The molecule has 0 spiro atoms. The Labute approximate surface area is 94.1 Å². The van der Waals surface area contributed by atoms with Gasteiger partial charge in [0, 0.05) is 6.04 Å². The standard InChI is InChI=1S/C10H13NO3.ClH/c11-8(9(12)10(13)14)6-7-4-2-1-3-5-7;/h1-5,8-9,12H,6,11H2,(H,13,14);1H. The molecule has 0 heterocycles. The molecule has 84 valence electrons. The van der Waals surface area contributed by atoms with Crippen LogP contribution in [-0.2, 0) is 11.2 Å². The highest BCUT2D eigenvalue weighted by Crippen LogP contribution is 2.04. The number of hydrogen-bond donors (Lipinski definition) is 3. The molecule has 4 nitrogen and oxygen atoms in total. The number of hydrogen-bond acceptors (Lipinski definition) is 3. The minimum absolute atomic E-state index is 0. The first-order chi connectivity index (χ1) is 6.61. The van der Waals surface area contributed by atoms with Crippen LogP contribution >= 0.6 is 12.4 Å². The molecule has 0 saturated heterocycles. The number of benzene rings is 1. The number of rotatable bonds is 4. The lowest BCUT2D eigenvalue weighted by Crippen LogP contribution is -2.41. The van der Waals surface area contributed by atoms with E-state index in [9.17, 15) is 4.79 Å². The second kappa shape index (κ2) is 6.40. The highest BCUT2D eigenvalue weighted by Gasteiger charge is 2.21. The molecule has 15 heavy (non-hydrogen) atoms. The maximum absolute atomic E-state index is 10.4. The molecule has 0 aliphatic carbocycles. The lowest BCUT2D eigenvalue weighted by Gasteiger charge is -2.14. The maximum atomic E-state index is 10.4. The van der Waals surface area contributed by atoms with Crippen LogP contribution in [0.25, 0.3) is 0 Å². The summed E-state index contributed by atoms with van der Waals surface area (Å²) in [5, 5.41) is 17.6. The van der Waals surface area contributed by atoms with Crippen molar-refractivity contribution >= 4 is 18.4 Å². The Morgan fingerprint density at radius 2 is 1.87 bits per heavy atom. The van der Waals surface area contributed by atoms with Gasteiger partial charge in [-0.15, -0.1) is 12.4 Å². The van der Waals surface area contributed by atoms with Gasteiger partial charge in [-0.2, -0.15) is 0 Å². The fourth-order valence-electron chi connectivity index (χ4n) is 1.18.